The smallest absolute Gasteiger partial charge is 0.219 e. The molecule has 0 saturated carbocycles. The molecule has 0 N–H and O–H groups in total. The molecule has 94 valence electrons. The number of allylic oxidation sites excluding steroid dienone is 2. The number of hydrogen-bond donors (Lipinski definition) is 0. The van der Waals surface area contributed by atoms with Crippen molar-refractivity contribution in [3.8, 4) is 0 Å². The van der Waals surface area contributed by atoms with Crippen molar-refractivity contribution in [3.05, 3.63) is 23.9 Å². The van der Waals surface area contributed by atoms with Gasteiger partial charge in [-0.25, -0.2) is 0 Å². The number of carbonyl (C=O) groups excluding carboxylic acids is 1. The highest BCUT2D eigenvalue weighted by molar-refractivity contribution is 5.73. The Morgan fingerprint density at radius 3 is 2.35 bits per heavy atom. The molecule has 1 saturated heterocycles. The number of nitrogens with zero attached hydrogens (tertiary/aromatic N) is 3. The molecule has 0 aliphatic carbocycles. The predicted octanol–water partition coefficient (Wildman–Crippen LogP) is 1.31. The van der Waals surface area contributed by atoms with Gasteiger partial charge >= 0.3 is 0 Å². The highest BCUT2D eigenvalue weighted by Crippen LogP contribution is 2.11. The normalized spacial score (nSPS) is 17.6. The van der Waals surface area contributed by atoms with Gasteiger partial charge in [-0.1, -0.05) is 6.08 Å². The molecule has 1 aliphatic rings. The largest absolute Gasteiger partial charge is 0.368 e. The summed E-state index contributed by atoms with van der Waals surface area (Å²) >= 11 is 0. The Hall–Kier alpha value is -1.58. The van der Waals surface area contributed by atoms with Crippen LogP contribution in [0.15, 0.2) is 28.9 Å². The second-order valence-corrected chi connectivity index (χ2v) is 4.03. The molecule has 4 nitrogen and oxygen atoms in total. The number of amides is 1. The molecular weight excluding hydrogens is 214 g/mol. The fourth-order valence-electron chi connectivity index (χ4n) is 1.91. The van der Waals surface area contributed by atoms with Crippen molar-refractivity contribution < 1.29 is 4.79 Å². The highest BCUT2D eigenvalue weighted by atomic mass is 16.2. The molecule has 0 aromatic heterocycles. The zero-order valence-electron chi connectivity index (χ0n) is 10.7. The lowest BCUT2D eigenvalue weighted by molar-refractivity contribution is -0.130. The highest BCUT2D eigenvalue weighted by Gasteiger charge is 2.18. The van der Waals surface area contributed by atoms with Gasteiger partial charge in [0.2, 0.25) is 5.91 Å². The molecule has 1 amide bonds. The van der Waals surface area contributed by atoms with E-state index in [1.165, 1.54) is 5.70 Å². The van der Waals surface area contributed by atoms with Gasteiger partial charge in [-0.2, -0.15) is 0 Å². The van der Waals surface area contributed by atoms with Gasteiger partial charge < -0.3 is 9.80 Å². The lowest BCUT2D eigenvalue weighted by Crippen LogP contribution is -2.47. The lowest BCUT2D eigenvalue weighted by atomic mass is 10.2. The van der Waals surface area contributed by atoms with E-state index in [1.54, 1.807) is 6.92 Å². The molecule has 0 unspecified atom stereocenters. The van der Waals surface area contributed by atoms with Crippen molar-refractivity contribution >= 4 is 12.6 Å². The summed E-state index contributed by atoms with van der Waals surface area (Å²) in [4.78, 5) is 19.2. The monoisotopic (exact) mass is 235 g/mol. The van der Waals surface area contributed by atoms with E-state index in [0.29, 0.717) is 6.54 Å². The van der Waals surface area contributed by atoms with Crippen LogP contribution in [0, 0.1) is 0 Å². The van der Waals surface area contributed by atoms with Crippen LogP contribution in [0.1, 0.15) is 13.8 Å². The van der Waals surface area contributed by atoms with Crippen LogP contribution in [0.5, 0.6) is 0 Å². The van der Waals surface area contributed by atoms with Crippen LogP contribution in [-0.4, -0.2) is 55.1 Å². The summed E-state index contributed by atoms with van der Waals surface area (Å²) in [5.74, 6) is 0.161. The predicted molar refractivity (Wildman–Crippen MR) is 71.1 cm³/mol. The molecule has 1 rings (SSSR count). The minimum absolute atomic E-state index is 0.161. The molecule has 1 fully saturated rings. The maximum Gasteiger partial charge on any atom is 0.219 e. The molecule has 0 radical (unpaired) electrons. The molecule has 0 aromatic rings. The van der Waals surface area contributed by atoms with Crippen molar-refractivity contribution in [3.63, 3.8) is 0 Å². The first-order valence-electron chi connectivity index (χ1n) is 5.94. The van der Waals surface area contributed by atoms with Gasteiger partial charge in [0, 0.05) is 38.8 Å². The molecule has 0 aromatic carbocycles. The summed E-state index contributed by atoms with van der Waals surface area (Å²) < 4.78 is 0. The van der Waals surface area contributed by atoms with Crippen LogP contribution in [0.4, 0.5) is 0 Å². The Balaban J connectivity index is 2.60. The minimum Gasteiger partial charge on any atom is -0.368 e. The molecule has 17 heavy (non-hydrogen) atoms. The van der Waals surface area contributed by atoms with E-state index >= 15 is 0 Å². The third-order valence-corrected chi connectivity index (χ3v) is 2.86. The average Bonchev–Trinajstić information content (AvgIpc) is 2.34. The summed E-state index contributed by atoms with van der Waals surface area (Å²) in [6, 6.07) is 0. The van der Waals surface area contributed by atoms with Gasteiger partial charge in [0.05, 0.1) is 6.54 Å². The van der Waals surface area contributed by atoms with Gasteiger partial charge in [-0.05, 0) is 25.8 Å². The standard InChI is InChI=1S/C13H21N3O/c1-4-5-13(6-7-14-3)16-10-8-15(9-11-16)12(2)17/h4-6H,3,7-11H2,1-2H3/b5-4-,13-6?. The van der Waals surface area contributed by atoms with Crippen LogP contribution in [0.2, 0.25) is 0 Å². The molecule has 0 spiro atoms. The Kier molecular flexibility index (Phi) is 5.46. The summed E-state index contributed by atoms with van der Waals surface area (Å²) in [5, 5.41) is 0. The summed E-state index contributed by atoms with van der Waals surface area (Å²) in [5.41, 5.74) is 1.17. The van der Waals surface area contributed by atoms with Crippen LogP contribution in [0.25, 0.3) is 0 Å². The van der Waals surface area contributed by atoms with Gasteiger partial charge in [-0.3, -0.25) is 9.79 Å². The minimum atomic E-state index is 0.161. The zero-order chi connectivity index (χ0) is 12.7. The molecule has 0 bridgehead atoms. The van der Waals surface area contributed by atoms with E-state index in [9.17, 15) is 4.79 Å². The van der Waals surface area contributed by atoms with E-state index < -0.39 is 0 Å². The van der Waals surface area contributed by atoms with E-state index in [2.05, 4.69) is 28.8 Å². The van der Waals surface area contributed by atoms with Crippen molar-refractivity contribution in [2.24, 2.45) is 4.99 Å². The maximum absolute atomic E-state index is 11.2. The van der Waals surface area contributed by atoms with Crippen LogP contribution >= 0.6 is 0 Å². The Labute approximate surface area is 103 Å². The Morgan fingerprint density at radius 2 is 1.88 bits per heavy atom. The Bertz CT molecular complexity index is 326. The van der Waals surface area contributed by atoms with Crippen LogP contribution < -0.4 is 0 Å². The van der Waals surface area contributed by atoms with Gasteiger partial charge in [0.1, 0.15) is 0 Å². The van der Waals surface area contributed by atoms with E-state index in [-0.39, 0.29) is 5.91 Å². The average molecular weight is 235 g/mol. The van der Waals surface area contributed by atoms with Gasteiger partial charge in [-0.15, -0.1) is 0 Å². The maximum atomic E-state index is 11.2. The molecular formula is C13H21N3O. The molecule has 0 atom stereocenters. The van der Waals surface area contributed by atoms with Crippen LogP contribution in [0.3, 0.4) is 0 Å². The number of aliphatic imine (C=N–C) groups is 1. The first-order chi connectivity index (χ1) is 8.19. The van der Waals surface area contributed by atoms with E-state index in [4.69, 9.17) is 0 Å². The van der Waals surface area contributed by atoms with Crippen molar-refractivity contribution in [1.82, 2.24) is 9.80 Å². The second-order valence-electron chi connectivity index (χ2n) is 4.03. The second kappa shape index (κ2) is 6.89. The first-order valence-corrected chi connectivity index (χ1v) is 5.94. The van der Waals surface area contributed by atoms with Gasteiger partial charge in [0.25, 0.3) is 0 Å². The quantitative estimate of drug-likeness (QED) is 0.544. The van der Waals surface area contributed by atoms with Crippen LogP contribution in [-0.2, 0) is 4.79 Å². The van der Waals surface area contributed by atoms with E-state index in [1.807, 2.05) is 17.9 Å². The third kappa shape index (κ3) is 4.06. The molecule has 1 heterocycles. The third-order valence-electron chi connectivity index (χ3n) is 2.86. The van der Waals surface area contributed by atoms with Crippen molar-refractivity contribution in [2.75, 3.05) is 32.7 Å². The molecule has 1 aliphatic heterocycles. The van der Waals surface area contributed by atoms with Crippen molar-refractivity contribution in [2.45, 2.75) is 13.8 Å². The summed E-state index contributed by atoms with van der Waals surface area (Å²) in [7, 11) is 0. The van der Waals surface area contributed by atoms with Gasteiger partial charge in [0.15, 0.2) is 0 Å². The van der Waals surface area contributed by atoms with E-state index in [0.717, 1.165) is 26.2 Å². The first kappa shape index (κ1) is 13.5. The fraction of sp³-hybridized carbons (Fsp3) is 0.538. The topological polar surface area (TPSA) is 35.9 Å². The zero-order valence-corrected chi connectivity index (χ0v) is 10.7. The summed E-state index contributed by atoms with van der Waals surface area (Å²) in [6.45, 7) is 11.1. The molecule has 4 heteroatoms. The Morgan fingerprint density at radius 1 is 1.29 bits per heavy atom. The van der Waals surface area contributed by atoms with Crippen molar-refractivity contribution in [1.29, 1.82) is 0 Å². The SMILES string of the molecule is C=NCC=C(/C=C\C)N1CCN(C(C)=O)CC1. The number of carbonyl (C=O) groups is 1. The number of piperazine rings is 1. The lowest BCUT2D eigenvalue weighted by Gasteiger charge is -2.36. The summed E-state index contributed by atoms with van der Waals surface area (Å²) in [6.07, 6.45) is 6.16. The fourth-order valence-corrected chi connectivity index (χ4v) is 1.91. The number of hydrogen-bond acceptors (Lipinski definition) is 3. The number of rotatable bonds is 4.